The zero-order valence-corrected chi connectivity index (χ0v) is 16.5. The zero-order chi connectivity index (χ0) is 20.1. The summed E-state index contributed by atoms with van der Waals surface area (Å²) < 4.78 is 7.24. The van der Waals surface area contributed by atoms with E-state index in [2.05, 4.69) is 5.32 Å². The molecule has 1 fully saturated rings. The highest BCUT2D eigenvalue weighted by Gasteiger charge is 2.43. The van der Waals surface area contributed by atoms with Crippen molar-refractivity contribution in [2.45, 2.75) is 24.9 Å². The molecule has 0 radical (unpaired) electrons. The molecule has 2 amide bonds. The summed E-state index contributed by atoms with van der Waals surface area (Å²) in [5.41, 5.74) is 3.61. The van der Waals surface area contributed by atoms with E-state index in [1.165, 1.54) is 0 Å². The molecular weight excluding hydrogens is 366 g/mol. The van der Waals surface area contributed by atoms with E-state index in [1.807, 2.05) is 60.1 Å². The first-order chi connectivity index (χ1) is 14.1. The molecule has 2 aliphatic rings. The minimum Gasteiger partial charge on any atom is -0.497 e. The van der Waals surface area contributed by atoms with Crippen LogP contribution in [-0.2, 0) is 11.8 Å². The quantitative estimate of drug-likeness (QED) is 0.730. The standard InChI is InChI=1S/C23H23N3O3/c1-25-18-6-4-3-5-17(18)20-21(14-7-11-16(29-2)12-8-14)26(23(28)22(20)25)13-19(27)24-15-9-10-15/h3-8,11-12,15,21H,9-10,13H2,1-2H3,(H,24,27)/t21-/m1/s1. The molecule has 29 heavy (non-hydrogen) atoms. The number of nitrogens with zero attached hydrogens (tertiary/aromatic N) is 2. The number of hydrogen-bond acceptors (Lipinski definition) is 3. The molecule has 3 aromatic rings. The molecule has 1 N–H and O–H groups in total. The Labute approximate surface area is 169 Å². The number of ether oxygens (including phenoxy) is 1. The van der Waals surface area contributed by atoms with E-state index >= 15 is 0 Å². The van der Waals surface area contributed by atoms with E-state index in [9.17, 15) is 9.59 Å². The summed E-state index contributed by atoms with van der Waals surface area (Å²) in [5, 5.41) is 4.05. The van der Waals surface area contributed by atoms with Crippen LogP contribution in [0.5, 0.6) is 5.75 Å². The van der Waals surface area contributed by atoms with Crippen molar-refractivity contribution in [3.63, 3.8) is 0 Å². The average Bonchev–Trinajstić information content (AvgIpc) is 3.44. The molecule has 1 aromatic heterocycles. The van der Waals surface area contributed by atoms with E-state index < -0.39 is 0 Å². The van der Waals surface area contributed by atoms with Crippen molar-refractivity contribution < 1.29 is 14.3 Å². The topological polar surface area (TPSA) is 63.6 Å². The molecule has 6 heteroatoms. The molecule has 6 nitrogen and oxygen atoms in total. The molecule has 1 atom stereocenters. The first-order valence-corrected chi connectivity index (χ1v) is 9.90. The average molecular weight is 389 g/mol. The van der Waals surface area contributed by atoms with Gasteiger partial charge in [-0.3, -0.25) is 9.59 Å². The minimum atomic E-state index is -0.306. The van der Waals surface area contributed by atoms with E-state index in [0.29, 0.717) is 5.69 Å². The number of aryl methyl sites for hydroxylation is 1. The number of nitrogens with one attached hydrogen (secondary N) is 1. The Kier molecular flexibility index (Phi) is 4.08. The van der Waals surface area contributed by atoms with Gasteiger partial charge in [0.1, 0.15) is 18.0 Å². The molecule has 0 spiro atoms. The summed E-state index contributed by atoms with van der Waals surface area (Å²) in [6, 6.07) is 15.7. The monoisotopic (exact) mass is 389 g/mol. The number of fused-ring (bicyclic) bond motifs is 3. The number of benzene rings is 2. The van der Waals surface area contributed by atoms with Crippen LogP contribution in [0.1, 0.15) is 40.5 Å². The number of carbonyl (C=O) groups excluding carboxylic acids is 2. The molecule has 2 heterocycles. The van der Waals surface area contributed by atoms with Gasteiger partial charge in [-0.25, -0.2) is 0 Å². The van der Waals surface area contributed by atoms with Crippen molar-refractivity contribution in [3.8, 4) is 5.75 Å². The van der Waals surface area contributed by atoms with Crippen LogP contribution in [0.3, 0.4) is 0 Å². The maximum Gasteiger partial charge on any atom is 0.272 e. The Morgan fingerprint density at radius 1 is 1.14 bits per heavy atom. The zero-order valence-electron chi connectivity index (χ0n) is 16.5. The largest absolute Gasteiger partial charge is 0.497 e. The van der Waals surface area contributed by atoms with Crippen LogP contribution in [0.25, 0.3) is 10.9 Å². The van der Waals surface area contributed by atoms with Crippen LogP contribution >= 0.6 is 0 Å². The van der Waals surface area contributed by atoms with Gasteiger partial charge in [0.2, 0.25) is 5.91 Å². The van der Waals surface area contributed by atoms with Gasteiger partial charge in [-0.05, 0) is 36.6 Å². The van der Waals surface area contributed by atoms with Crippen molar-refractivity contribution >= 4 is 22.7 Å². The fourth-order valence-electron chi connectivity index (χ4n) is 4.32. The number of hydrogen-bond donors (Lipinski definition) is 1. The molecule has 1 aliphatic carbocycles. The van der Waals surface area contributed by atoms with Gasteiger partial charge in [0.05, 0.1) is 13.2 Å². The lowest BCUT2D eigenvalue weighted by Crippen LogP contribution is -2.40. The molecule has 148 valence electrons. The normalized spacial score (nSPS) is 18.2. The third-order valence-electron chi connectivity index (χ3n) is 5.88. The molecule has 0 unspecified atom stereocenters. The molecule has 1 saturated carbocycles. The predicted molar refractivity (Wildman–Crippen MR) is 110 cm³/mol. The van der Waals surface area contributed by atoms with Crippen LogP contribution in [0.15, 0.2) is 48.5 Å². The lowest BCUT2D eigenvalue weighted by atomic mass is 9.98. The first-order valence-electron chi connectivity index (χ1n) is 9.90. The van der Waals surface area contributed by atoms with Crippen molar-refractivity contribution in [1.29, 1.82) is 0 Å². The molecular formula is C23H23N3O3. The maximum absolute atomic E-state index is 13.4. The van der Waals surface area contributed by atoms with Crippen LogP contribution in [0.4, 0.5) is 0 Å². The smallest absolute Gasteiger partial charge is 0.272 e. The van der Waals surface area contributed by atoms with Gasteiger partial charge in [0.25, 0.3) is 5.91 Å². The molecule has 0 bridgehead atoms. The summed E-state index contributed by atoms with van der Waals surface area (Å²) in [6.45, 7) is 0.0506. The Bertz CT molecular complexity index is 1110. The number of para-hydroxylation sites is 1. The molecule has 1 aliphatic heterocycles. The lowest BCUT2D eigenvalue weighted by Gasteiger charge is -2.26. The van der Waals surface area contributed by atoms with Gasteiger partial charge < -0.3 is 19.5 Å². The van der Waals surface area contributed by atoms with Crippen LogP contribution in [0, 0.1) is 0 Å². The third-order valence-corrected chi connectivity index (χ3v) is 5.88. The van der Waals surface area contributed by atoms with Crippen molar-refractivity contribution in [2.75, 3.05) is 13.7 Å². The molecule has 0 saturated heterocycles. The van der Waals surface area contributed by atoms with Gasteiger partial charge >= 0.3 is 0 Å². The summed E-state index contributed by atoms with van der Waals surface area (Å²) in [4.78, 5) is 27.7. The number of carbonyl (C=O) groups is 2. The van der Waals surface area contributed by atoms with E-state index in [4.69, 9.17) is 4.74 Å². The Morgan fingerprint density at radius 2 is 1.86 bits per heavy atom. The minimum absolute atomic E-state index is 0.0506. The van der Waals surface area contributed by atoms with Crippen LogP contribution < -0.4 is 10.1 Å². The Morgan fingerprint density at radius 3 is 2.55 bits per heavy atom. The SMILES string of the molecule is COc1ccc([C@@H]2c3c(n(C)c4ccccc34)C(=O)N2CC(=O)NC2CC2)cc1. The van der Waals surface area contributed by atoms with Gasteiger partial charge in [-0.1, -0.05) is 30.3 Å². The van der Waals surface area contributed by atoms with Crippen molar-refractivity contribution in [3.05, 3.63) is 65.4 Å². The van der Waals surface area contributed by atoms with Gasteiger partial charge in [0, 0.05) is 29.6 Å². The highest BCUT2D eigenvalue weighted by atomic mass is 16.5. The fourth-order valence-corrected chi connectivity index (χ4v) is 4.32. The Balaban J connectivity index is 1.62. The van der Waals surface area contributed by atoms with Crippen molar-refractivity contribution in [2.24, 2.45) is 7.05 Å². The van der Waals surface area contributed by atoms with E-state index in [-0.39, 0.29) is 30.4 Å². The number of amides is 2. The predicted octanol–water partition coefficient (Wildman–Crippen LogP) is 3.01. The fraction of sp³-hybridized carbons (Fsp3) is 0.304. The highest BCUT2D eigenvalue weighted by Crippen LogP contribution is 2.44. The second-order valence-corrected chi connectivity index (χ2v) is 7.79. The van der Waals surface area contributed by atoms with E-state index in [1.54, 1.807) is 12.0 Å². The Hall–Kier alpha value is -3.28. The molecule has 2 aromatic carbocycles. The number of rotatable bonds is 5. The van der Waals surface area contributed by atoms with Gasteiger partial charge in [0.15, 0.2) is 0 Å². The van der Waals surface area contributed by atoms with Crippen molar-refractivity contribution in [1.82, 2.24) is 14.8 Å². The first kappa shape index (κ1) is 17.8. The second-order valence-electron chi connectivity index (χ2n) is 7.79. The molecule has 5 rings (SSSR count). The van der Waals surface area contributed by atoms with Crippen LogP contribution in [0.2, 0.25) is 0 Å². The number of aromatic nitrogens is 1. The second kappa shape index (κ2) is 6.65. The third kappa shape index (κ3) is 2.87. The summed E-state index contributed by atoms with van der Waals surface area (Å²) in [5.74, 6) is 0.552. The lowest BCUT2D eigenvalue weighted by molar-refractivity contribution is -0.122. The highest BCUT2D eigenvalue weighted by molar-refractivity contribution is 6.07. The summed E-state index contributed by atoms with van der Waals surface area (Å²) >= 11 is 0. The summed E-state index contributed by atoms with van der Waals surface area (Å²) in [6.07, 6.45) is 2.04. The maximum atomic E-state index is 13.4. The van der Waals surface area contributed by atoms with E-state index in [0.717, 1.165) is 40.6 Å². The number of methoxy groups -OCH3 is 1. The van der Waals surface area contributed by atoms with Crippen LogP contribution in [-0.4, -0.2) is 41.0 Å². The summed E-state index contributed by atoms with van der Waals surface area (Å²) in [7, 11) is 3.54. The van der Waals surface area contributed by atoms with Gasteiger partial charge in [-0.15, -0.1) is 0 Å². The van der Waals surface area contributed by atoms with Gasteiger partial charge in [-0.2, -0.15) is 0 Å².